The van der Waals surface area contributed by atoms with Crippen LogP contribution in [0.15, 0.2) is 30.9 Å². The molecule has 112 valence electrons. The van der Waals surface area contributed by atoms with Crippen molar-refractivity contribution in [2.45, 2.75) is 25.7 Å². The van der Waals surface area contributed by atoms with Crippen LogP contribution in [0.2, 0.25) is 0 Å². The molecule has 0 fully saturated rings. The third-order valence-corrected chi connectivity index (χ3v) is 2.88. The topological polar surface area (TPSA) is 18.5 Å². The largest absolute Gasteiger partial charge is 0.513 e. The number of unbranched alkanes of at least 4 members (excludes halogenated alkanes) is 3. The Labute approximate surface area is 117 Å². The van der Waals surface area contributed by atoms with Crippen LogP contribution in [-0.4, -0.2) is 20.7 Å². The van der Waals surface area contributed by atoms with Crippen molar-refractivity contribution in [3.63, 3.8) is 0 Å². The van der Waals surface area contributed by atoms with Crippen LogP contribution >= 0.6 is 0 Å². The molecule has 0 atom stereocenters. The average molecular weight is 287 g/mol. The zero-order valence-electron chi connectivity index (χ0n) is 11.6. The number of benzene rings is 1. The number of ether oxygens (including phenoxy) is 2. The van der Waals surface area contributed by atoms with Crippen LogP contribution in [0, 0.1) is 0 Å². The molecule has 20 heavy (non-hydrogen) atoms. The lowest BCUT2D eigenvalue weighted by Gasteiger charge is -2.20. The number of allylic oxidation sites excluding steroid dienone is 1. The van der Waals surface area contributed by atoms with Gasteiger partial charge in [-0.15, -0.1) is 6.58 Å². The molecule has 0 saturated carbocycles. The number of rotatable bonds is 9. The van der Waals surface area contributed by atoms with Gasteiger partial charge in [0.05, 0.1) is 19.5 Å². The van der Waals surface area contributed by atoms with Gasteiger partial charge in [0.2, 0.25) is 0 Å². The van der Waals surface area contributed by atoms with E-state index in [4.69, 9.17) is 9.47 Å². The maximum Gasteiger partial charge on any atom is 0.513 e. The lowest BCUT2D eigenvalue weighted by molar-refractivity contribution is 0.305. The van der Waals surface area contributed by atoms with Crippen LogP contribution in [0.5, 0.6) is 11.5 Å². The van der Waals surface area contributed by atoms with Crippen LogP contribution in [0.1, 0.15) is 25.7 Å². The highest BCUT2D eigenvalue weighted by Gasteiger charge is 2.29. The Kier molecular flexibility index (Phi) is 6.48. The first-order valence-electron chi connectivity index (χ1n) is 6.60. The molecule has 0 saturated heterocycles. The van der Waals surface area contributed by atoms with Crippen molar-refractivity contribution in [3.05, 3.63) is 30.9 Å². The summed E-state index contributed by atoms with van der Waals surface area (Å²) in [5.41, 5.74) is -0.740. The molecule has 0 aliphatic carbocycles. The average Bonchev–Trinajstić information content (AvgIpc) is 2.41. The SMILES string of the molecule is C=CCCCCCOc1ccc(OC)cc1[B-](F)(F)F. The van der Waals surface area contributed by atoms with Crippen LogP contribution in [0.25, 0.3) is 0 Å². The first kappa shape index (κ1) is 16.5. The Morgan fingerprint density at radius 1 is 1.20 bits per heavy atom. The van der Waals surface area contributed by atoms with Gasteiger partial charge in [0.25, 0.3) is 0 Å². The lowest BCUT2D eigenvalue weighted by atomic mass is 9.79. The van der Waals surface area contributed by atoms with Crippen molar-refractivity contribution in [1.29, 1.82) is 0 Å². The molecule has 0 unspecified atom stereocenters. The van der Waals surface area contributed by atoms with Gasteiger partial charge in [-0.3, -0.25) is 0 Å². The fourth-order valence-corrected chi connectivity index (χ4v) is 1.79. The van der Waals surface area contributed by atoms with Crippen molar-refractivity contribution < 1.29 is 22.4 Å². The van der Waals surface area contributed by atoms with Gasteiger partial charge in [0, 0.05) is 0 Å². The maximum atomic E-state index is 13.0. The van der Waals surface area contributed by atoms with Gasteiger partial charge in [-0.2, -0.15) is 0 Å². The summed E-state index contributed by atoms with van der Waals surface area (Å²) in [6, 6.07) is 3.76. The first-order chi connectivity index (χ1) is 9.49. The van der Waals surface area contributed by atoms with Gasteiger partial charge in [-0.1, -0.05) is 11.5 Å². The first-order valence-corrected chi connectivity index (χ1v) is 6.60. The molecular weight excluding hydrogens is 268 g/mol. The maximum absolute atomic E-state index is 13.0. The highest BCUT2D eigenvalue weighted by molar-refractivity contribution is 6.74. The van der Waals surface area contributed by atoms with Gasteiger partial charge in [-0.25, -0.2) is 0 Å². The summed E-state index contributed by atoms with van der Waals surface area (Å²) in [7, 11) is 1.34. The van der Waals surface area contributed by atoms with Crippen molar-refractivity contribution in [1.82, 2.24) is 0 Å². The molecule has 0 heterocycles. The predicted octanol–water partition coefficient (Wildman–Crippen LogP) is 3.87. The van der Waals surface area contributed by atoms with Gasteiger partial charge in [-0.05, 0) is 43.9 Å². The van der Waals surface area contributed by atoms with Gasteiger partial charge in [0.15, 0.2) is 0 Å². The van der Waals surface area contributed by atoms with Crippen LogP contribution in [0.4, 0.5) is 12.9 Å². The standard InChI is InChI=1S/C14H19BF3O2/c1-3-4-5-6-7-10-20-14-9-8-12(19-2)11-13(14)15(16,17)18/h3,8-9,11H,1,4-7,10H2,2H3/q-1. The molecule has 1 aromatic carbocycles. The van der Waals surface area contributed by atoms with Crippen molar-refractivity contribution >= 4 is 12.4 Å². The molecule has 0 bridgehead atoms. The van der Waals surface area contributed by atoms with E-state index in [1.165, 1.54) is 19.2 Å². The fourth-order valence-electron chi connectivity index (χ4n) is 1.79. The summed E-state index contributed by atoms with van der Waals surface area (Å²) < 4.78 is 48.9. The van der Waals surface area contributed by atoms with E-state index in [0.717, 1.165) is 31.7 Å². The second-order valence-electron chi connectivity index (χ2n) is 4.46. The predicted molar refractivity (Wildman–Crippen MR) is 75.9 cm³/mol. The molecule has 6 heteroatoms. The molecule has 2 nitrogen and oxygen atoms in total. The Bertz CT molecular complexity index is 433. The molecule has 0 spiro atoms. The molecule has 0 aliphatic heterocycles. The number of hydrogen-bond acceptors (Lipinski definition) is 2. The van der Waals surface area contributed by atoms with E-state index < -0.39 is 12.4 Å². The second-order valence-corrected chi connectivity index (χ2v) is 4.46. The monoisotopic (exact) mass is 287 g/mol. The quantitative estimate of drug-likeness (QED) is 0.390. The zero-order valence-corrected chi connectivity index (χ0v) is 11.6. The Balaban J connectivity index is 2.62. The smallest absolute Gasteiger partial charge is 0.497 e. The normalized spacial score (nSPS) is 11.2. The van der Waals surface area contributed by atoms with Crippen molar-refractivity contribution in [2.24, 2.45) is 0 Å². The molecule has 0 amide bonds. The molecular formula is C14H19BF3O2-. The van der Waals surface area contributed by atoms with E-state index in [1.54, 1.807) is 0 Å². The summed E-state index contributed by atoms with van der Waals surface area (Å²) in [6.07, 6.45) is 5.36. The minimum absolute atomic E-state index is 0.123. The number of methoxy groups -OCH3 is 1. The Morgan fingerprint density at radius 2 is 1.95 bits per heavy atom. The fraction of sp³-hybridized carbons (Fsp3) is 0.429. The molecule has 0 radical (unpaired) electrons. The van der Waals surface area contributed by atoms with Gasteiger partial charge in [0.1, 0.15) is 5.75 Å². The van der Waals surface area contributed by atoms with Crippen LogP contribution < -0.4 is 14.9 Å². The number of halogens is 3. The highest BCUT2D eigenvalue weighted by Crippen LogP contribution is 2.22. The third-order valence-electron chi connectivity index (χ3n) is 2.88. The second kappa shape index (κ2) is 7.87. The third kappa shape index (κ3) is 5.19. The number of hydrogen-bond donors (Lipinski definition) is 0. The summed E-state index contributed by atoms with van der Waals surface area (Å²) in [5.74, 6) is 0.0551. The summed E-state index contributed by atoms with van der Waals surface area (Å²) in [4.78, 5) is 0. The Hall–Kier alpha value is -1.59. The van der Waals surface area contributed by atoms with E-state index in [0.29, 0.717) is 0 Å². The van der Waals surface area contributed by atoms with Crippen molar-refractivity contribution in [2.75, 3.05) is 13.7 Å². The zero-order chi connectivity index (χ0) is 15.0. The van der Waals surface area contributed by atoms with E-state index in [2.05, 4.69) is 6.58 Å². The minimum Gasteiger partial charge on any atom is -0.497 e. The summed E-state index contributed by atoms with van der Waals surface area (Å²) in [6.45, 7) is -1.22. The van der Waals surface area contributed by atoms with E-state index in [1.807, 2.05) is 6.08 Å². The van der Waals surface area contributed by atoms with Gasteiger partial charge < -0.3 is 22.4 Å². The van der Waals surface area contributed by atoms with Crippen LogP contribution in [0.3, 0.4) is 0 Å². The molecule has 0 N–H and O–H groups in total. The van der Waals surface area contributed by atoms with Crippen LogP contribution in [-0.2, 0) is 0 Å². The Morgan fingerprint density at radius 3 is 2.55 bits per heavy atom. The lowest BCUT2D eigenvalue weighted by Crippen LogP contribution is -2.35. The van der Waals surface area contributed by atoms with Gasteiger partial charge >= 0.3 is 6.98 Å². The van der Waals surface area contributed by atoms with E-state index >= 15 is 0 Å². The van der Waals surface area contributed by atoms with E-state index in [-0.39, 0.29) is 18.1 Å². The van der Waals surface area contributed by atoms with Crippen molar-refractivity contribution in [3.8, 4) is 11.5 Å². The summed E-state index contributed by atoms with van der Waals surface area (Å²) >= 11 is 0. The molecule has 0 aromatic heterocycles. The molecule has 1 aromatic rings. The molecule has 0 aliphatic rings. The van der Waals surface area contributed by atoms with E-state index in [9.17, 15) is 12.9 Å². The summed E-state index contributed by atoms with van der Waals surface area (Å²) in [5, 5.41) is 0. The highest BCUT2D eigenvalue weighted by atomic mass is 19.4. The minimum atomic E-state index is -5.11. The molecule has 1 rings (SSSR count).